The number of rotatable bonds is 0. The van der Waals surface area contributed by atoms with Gasteiger partial charge in [0.25, 0.3) is 0 Å². The van der Waals surface area contributed by atoms with Gasteiger partial charge in [0.1, 0.15) is 0 Å². The van der Waals surface area contributed by atoms with E-state index < -0.39 is 6.81 Å². The molecular formula is Cl6IrNa3+. The van der Waals surface area contributed by atoms with E-state index in [-0.39, 0.29) is 88.7 Å². The Balaban J connectivity index is -0.0000000600. The van der Waals surface area contributed by atoms with Crippen LogP contribution in [0, 0.1) is 0 Å². The second-order valence-corrected chi connectivity index (χ2v) is 52.6. The van der Waals surface area contributed by atoms with E-state index in [0.717, 1.165) is 0 Å². The molecule has 0 aliphatic carbocycles. The van der Waals surface area contributed by atoms with Crippen molar-refractivity contribution in [2.24, 2.45) is 0 Å². The standard InChI is InChI=1S/6ClH.Ir.3Na/h6*1H;;;;/q;;;;;;+4;3*+1/p-6. The van der Waals surface area contributed by atoms with Gasteiger partial charge in [0.15, 0.2) is 0 Å². The molecule has 0 atom stereocenters. The van der Waals surface area contributed by atoms with Gasteiger partial charge in [0, 0.05) is 0 Å². The van der Waals surface area contributed by atoms with Gasteiger partial charge in [-0.1, -0.05) is 0 Å². The summed E-state index contributed by atoms with van der Waals surface area (Å²) in [5, 5.41) is 0. The Kier molecular flexibility index (Phi) is 15.2. The van der Waals surface area contributed by atoms with Crippen molar-refractivity contribution in [1.82, 2.24) is 0 Å². The van der Waals surface area contributed by atoms with Gasteiger partial charge < -0.3 is 0 Å². The molecule has 0 unspecified atom stereocenters. The second kappa shape index (κ2) is 6.21. The summed E-state index contributed by atoms with van der Waals surface area (Å²) in [4.78, 5) is 0. The molecule has 0 aliphatic rings. The first-order chi connectivity index (χ1) is 2.45. The Morgan fingerprint density at radius 2 is 0.500 bits per heavy atom. The quantitative estimate of drug-likeness (QED) is 0.310. The van der Waals surface area contributed by atoms with Gasteiger partial charge in [-0.05, 0) is 0 Å². The molecule has 0 saturated carbocycles. The van der Waals surface area contributed by atoms with Crippen molar-refractivity contribution in [2.45, 2.75) is 0 Å². The minimum atomic E-state index is -5.33. The maximum atomic E-state index is 5.06. The molecule has 10 heteroatoms. The molecule has 0 radical (unpaired) electrons. The molecule has 0 aromatic carbocycles. The van der Waals surface area contributed by atoms with Crippen LogP contribution >= 0.6 is 57.5 Å². The molecule has 0 rings (SSSR count). The fourth-order valence-corrected chi connectivity index (χ4v) is 0. The average molecular weight is 474 g/mol. The minimum Gasteiger partial charge on any atom is 1.00 e. The molecule has 53 valence electrons. The van der Waals surface area contributed by atoms with E-state index in [1.54, 1.807) is 0 Å². The Morgan fingerprint density at radius 1 is 0.500 bits per heavy atom. The smallest absolute Gasteiger partial charge is 1.00 e. The molecule has 0 heterocycles. The van der Waals surface area contributed by atoms with E-state index in [4.69, 9.17) is 57.5 Å². The Hall–Kier alpha value is 5.39. The number of hydrogen-bond donors (Lipinski definition) is 0. The summed E-state index contributed by atoms with van der Waals surface area (Å²) >= 11 is 0. The number of hydrogen-bond acceptors (Lipinski definition) is 0. The van der Waals surface area contributed by atoms with Gasteiger partial charge in [-0.25, -0.2) is 0 Å². The third-order valence-electron chi connectivity index (χ3n) is 0. The molecule has 0 spiro atoms. The third kappa shape index (κ3) is 70.8. The average Bonchev–Trinajstić information content (AvgIpc) is 0.592. The molecule has 0 N–H and O–H groups in total. The predicted octanol–water partition coefficient (Wildman–Crippen LogP) is -4.85. The van der Waals surface area contributed by atoms with Crippen molar-refractivity contribution in [2.75, 3.05) is 0 Å². The normalized spacial score (nSPS) is 16.2. The van der Waals surface area contributed by atoms with Crippen LogP contribution in [0.4, 0.5) is 0 Å². The van der Waals surface area contributed by atoms with E-state index in [0.29, 0.717) is 0 Å². The van der Waals surface area contributed by atoms with E-state index >= 15 is 0 Å². The van der Waals surface area contributed by atoms with E-state index in [1.165, 1.54) is 0 Å². The van der Waals surface area contributed by atoms with Crippen LogP contribution in [-0.4, -0.2) is 0 Å². The first-order valence-corrected chi connectivity index (χ1v) is 18.6. The van der Waals surface area contributed by atoms with Crippen LogP contribution < -0.4 is 88.7 Å². The first-order valence-electron chi connectivity index (χ1n) is 0.756. The van der Waals surface area contributed by atoms with Gasteiger partial charge in [-0.3, -0.25) is 0 Å². The fourth-order valence-electron chi connectivity index (χ4n) is 0. The molecule has 0 saturated heterocycles. The minimum absolute atomic E-state index is 0. The Morgan fingerprint density at radius 3 is 0.500 bits per heavy atom. The Bertz CT molecular complexity index is 71.6. The van der Waals surface area contributed by atoms with Crippen molar-refractivity contribution >= 4 is 57.5 Å². The van der Waals surface area contributed by atoms with Gasteiger partial charge in [-0.2, -0.15) is 0 Å². The van der Waals surface area contributed by atoms with Gasteiger partial charge in [0.2, 0.25) is 0 Å². The van der Waals surface area contributed by atoms with Gasteiger partial charge >= 0.3 is 153 Å². The third-order valence-corrected chi connectivity index (χ3v) is 0. The van der Waals surface area contributed by atoms with Crippen molar-refractivity contribution in [3.63, 3.8) is 0 Å². The monoisotopic (exact) mass is 472 g/mol. The molecule has 0 nitrogen and oxygen atoms in total. The zero-order valence-corrected chi connectivity index (χ0v) is 18.5. The van der Waals surface area contributed by atoms with Crippen LogP contribution in [0.25, 0.3) is 0 Å². The molecule has 0 bridgehead atoms. The predicted molar refractivity (Wildman–Crippen MR) is 35.1 cm³/mol. The van der Waals surface area contributed by atoms with Crippen molar-refractivity contribution in [1.29, 1.82) is 0 Å². The van der Waals surface area contributed by atoms with E-state index in [1.807, 2.05) is 0 Å². The zero-order chi connectivity index (χ0) is 6.41. The summed E-state index contributed by atoms with van der Waals surface area (Å²) in [5.41, 5.74) is 0. The largest absolute Gasteiger partial charge is 1.00 e. The summed E-state index contributed by atoms with van der Waals surface area (Å²) in [6, 6.07) is 0. The molecule has 0 aromatic rings. The maximum Gasteiger partial charge on any atom is 1.00 e. The van der Waals surface area contributed by atoms with Crippen molar-refractivity contribution < 1.29 is 95.5 Å². The summed E-state index contributed by atoms with van der Waals surface area (Å²) in [7, 11) is 30.3. The molecule has 0 aromatic heterocycles. The molecule has 10 heavy (non-hydrogen) atoms. The topological polar surface area (TPSA) is 0 Å². The molecule has 0 amide bonds. The van der Waals surface area contributed by atoms with Gasteiger partial charge in [0.05, 0.1) is 0 Å². The molecular weight excluding hydrogens is 474 g/mol. The SMILES string of the molecule is [Cl][Ir-2]([Cl])([Cl])([Cl])([Cl])[Cl].[Na+].[Na+].[Na+]. The maximum absolute atomic E-state index is 5.33. The van der Waals surface area contributed by atoms with Gasteiger partial charge in [-0.15, -0.1) is 0 Å². The van der Waals surface area contributed by atoms with E-state index in [9.17, 15) is 0 Å². The van der Waals surface area contributed by atoms with Crippen LogP contribution in [0.5, 0.6) is 0 Å². The van der Waals surface area contributed by atoms with Crippen LogP contribution in [-0.2, 0) is 6.81 Å². The van der Waals surface area contributed by atoms with Crippen LogP contribution in [0.3, 0.4) is 0 Å². The van der Waals surface area contributed by atoms with Crippen LogP contribution in [0.15, 0.2) is 0 Å². The number of halogens is 6. The Labute approximate surface area is 149 Å². The summed E-state index contributed by atoms with van der Waals surface area (Å²) in [5.74, 6) is 0. The zero-order valence-electron chi connectivity index (χ0n) is 5.60. The summed E-state index contributed by atoms with van der Waals surface area (Å²) in [6.45, 7) is -5.33. The molecule has 0 fully saturated rings. The summed E-state index contributed by atoms with van der Waals surface area (Å²) < 4.78 is 0. The molecule has 0 aliphatic heterocycles. The fraction of sp³-hybridized carbons (Fsp3) is 0. The summed E-state index contributed by atoms with van der Waals surface area (Å²) in [6.07, 6.45) is 0. The van der Waals surface area contributed by atoms with Crippen molar-refractivity contribution in [3.8, 4) is 0 Å². The van der Waals surface area contributed by atoms with Crippen LogP contribution in [0.2, 0.25) is 0 Å². The second-order valence-electron chi connectivity index (χ2n) is 0.714. The van der Waals surface area contributed by atoms with E-state index in [2.05, 4.69) is 0 Å². The first kappa shape index (κ1) is 24.6. The van der Waals surface area contributed by atoms with Crippen LogP contribution in [0.1, 0.15) is 0 Å². The van der Waals surface area contributed by atoms with Crippen molar-refractivity contribution in [3.05, 3.63) is 0 Å².